The third kappa shape index (κ3) is 6.71. The van der Waals surface area contributed by atoms with Crippen LogP contribution < -0.4 is 0 Å². The predicted octanol–water partition coefficient (Wildman–Crippen LogP) is 17.7. The van der Waals surface area contributed by atoms with Crippen molar-refractivity contribution < 1.29 is 8.83 Å². The molecule has 0 saturated heterocycles. The summed E-state index contributed by atoms with van der Waals surface area (Å²) < 4.78 is 15.9. The fraction of sp³-hybridized carbons (Fsp3) is 0.0476. The molecule has 0 aliphatic rings. The zero-order valence-electron chi connectivity index (χ0n) is 36.0. The maximum atomic E-state index is 6.88. The van der Waals surface area contributed by atoms with Gasteiger partial charge < -0.3 is 8.83 Å². The van der Waals surface area contributed by atoms with Gasteiger partial charge in [-0.2, -0.15) is 0 Å². The van der Waals surface area contributed by atoms with Crippen LogP contribution in [-0.2, 0) is 6.42 Å². The van der Waals surface area contributed by atoms with Crippen LogP contribution in [0.15, 0.2) is 239 Å². The number of furan rings is 2. The number of benzene rings is 10. The van der Waals surface area contributed by atoms with Crippen LogP contribution in [0, 0.1) is 0 Å². The van der Waals surface area contributed by atoms with Gasteiger partial charge in [0.25, 0.3) is 0 Å². The van der Waals surface area contributed by atoms with E-state index in [0.717, 1.165) is 67.0 Å². The summed E-state index contributed by atoms with van der Waals surface area (Å²) in [7, 11) is 0. The topological polar surface area (TPSA) is 26.3 Å². The molecule has 3 heteroatoms. The molecule has 13 rings (SSSR count). The summed E-state index contributed by atoms with van der Waals surface area (Å²) in [5.41, 5.74) is 15.7. The number of para-hydroxylation sites is 3. The van der Waals surface area contributed by atoms with Crippen molar-refractivity contribution >= 4 is 75.4 Å². The Hall–Kier alpha value is -7.98. The van der Waals surface area contributed by atoms with E-state index in [4.69, 9.17) is 8.83 Å². The Morgan fingerprint density at radius 3 is 1.76 bits per heavy atom. The average molecular weight is 863 g/mol. The van der Waals surface area contributed by atoms with Gasteiger partial charge in [0.1, 0.15) is 22.3 Å². The number of hydrogen-bond acceptors (Lipinski definition) is 3. The van der Waals surface area contributed by atoms with Gasteiger partial charge in [0.2, 0.25) is 0 Å². The maximum Gasteiger partial charge on any atom is 0.139 e. The summed E-state index contributed by atoms with van der Waals surface area (Å²) in [6.45, 7) is 0. The Bertz CT molecular complexity index is 3910. The van der Waals surface area contributed by atoms with Crippen molar-refractivity contribution in [1.82, 2.24) is 0 Å². The second-order valence-electron chi connectivity index (χ2n) is 17.5. The number of hydrogen-bond donors (Lipinski definition) is 0. The van der Waals surface area contributed by atoms with Crippen LogP contribution in [0.4, 0.5) is 0 Å². The Kier molecular flexibility index (Phi) is 9.28. The first kappa shape index (κ1) is 38.5. The Labute approximate surface area is 386 Å². The fourth-order valence-corrected chi connectivity index (χ4v) is 11.5. The van der Waals surface area contributed by atoms with Crippen molar-refractivity contribution in [2.45, 2.75) is 18.3 Å². The maximum absolute atomic E-state index is 6.88. The van der Waals surface area contributed by atoms with Crippen molar-refractivity contribution in [3.05, 3.63) is 264 Å². The van der Waals surface area contributed by atoms with Crippen molar-refractivity contribution in [2.75, 3.05) is 0 Å². The highest BCUT2D eigenvalue weighted by Crippen LogP contribution is 2.45. The standard InChI is InChI=1S/C63H42O2S/c1-3-14-40(15-4-1)34-54(45-31-33-61-56(39-45)51-20-9-12-25-60(51)66-61)47-35-46(44-30-32-59-55(38-44)50-19-8-10-23-57(50)64-59)36-48(37-47)62(43-28-26-42(27-29-43)41-16-5-2-6-17-41)53-22-13-21-52-49-18-7-11-24-58(49)65-63(52)53/h1-33,35-39,54,62H,34H2. The van der Waals surface area contributed by atoms with Crippen molar-refractivity contribution in [1.29, 1.82) is 0 Å². The lowest BCUT2D eigenvalue weighted by molar-refractivity contribution is 0.661. The lowest BCUT2D eigenvalue weighted by atomic mass is 9.78. The van der Waals surface area contributed by atoms with Crippen molar-refractivity contribution in [3.63, 3.8) is 0 Å². The van der Waals surface area contributed by atoms with E-state index in [2.05, 4.69) is 224 Å². The van der Waals surface area contributed by atoms with Crippen LogP contribution in [0.2, 0.25) is 0 Å². The minimum atomic E-state index is -0.156. The molecule has 0 spiro atoms. The van der Waals surface area contributed by atoms with Gasteiger partial charge in [0, 0.05) is 59.1 Å². The molecule has 2 atom stereocenters. The lowest BCUT2D eigenvalue weighted by Gasteiger charge is -2.25. The van der Waals surface area contributed by atoms with E-state index in [1.165, 1.54) is 59.1 Å². The predicted molar refractivity (Wildman–Crippen MR) is 277 cm³/mol. The highest BCUT2D eigenvalue weighted by Gasteiger charge is 2.26. The van der Waals surface area contributed by atoms with Crippen LogP contribution in [-0.4, -0.2) is 0 Å². The fourth-order valence-electron chi connectivity index (χ4n) is 10.4. The molecule has 2 unspecified atom stereocenters. The molecule has 0 radical (unpaired) electrons. The smallest absolute Gasteiger partial charge is 0.139 e. The van der Waals surface area contributed by atoms with E-state index in [1.807, 2.05) is 17.4 Å². The first-order chi connectivity index (χ1) is 32.7. The van der Waals surface area contributed by atoms with E-state index in [1.54, 1.807) is 0 Å². The Balaban J connectivity index is 1.08. The third-order valence-electron chi connectivity index (χ3n) is 13.6. The molecule has 0 saturated carbocycles. The third-order valence-corrected chi connectivity index (χ3v) is 14.8. The van der Waals surface area contributed by atoms with Gasteiger partial charge in [-0.3, -0.25) is 0 Å². The van der Waals surface area contributed by atoms with Gasteiger partial charge in [-0.25, -0.2) is 0 Å². The summed E-state index contributed by atoms with van der Waals surface area (Å²) >= 11 is 1.87. The van der Waals surface area contributed by atoms with E-state index in [-0.39, 0.29) is 11.8 Å². The van der Waals surface area contributed by atoms with Crippen LogP contribution in [0.5, 0.6) is 0 Å². The second kappa shape index (κ2) is 15.9. The SMILES string of the molecule is c1ccc(CC(c2cc(-c3ccc4oc5ccccc5c4c3)cc(C(c3ccc(-c4ccccc4)cc3)c3cccc4c3oc3ccccc34)c2)c2ccc3sc4ccccc4c3c2)cc1. The number of fused-ring (bicyclic) bond motifs is 9. The first-order valence-electron chi connectivity index (χ1n) is 22.8. The van der Waals surface area contributed by atoms with Crippen LogP contribution in [0.1, 0.15) is 45.2 Å². The number of rotatable bonds is 9. The van der Waals surface area contributed by atoms with Gasteiger partial charge in [-0.15, -0.1) is 11.3 Å². The van der Waals surface area contributed by atoms with Gasteiger partial charge in [0.05, 0.1) is 0 Å². The van der Waals surface area contributed by atoms with Crippen LogP contribution in [0.3, 0.4) is 0 Å². The summed E-state index contributed by atoms with van der Waals surface area (Å²) in [6, 6.07) is 84.3. The van der Waals surface area contributed by atoms with E-state index < -0.39 is 0 Å². The highest BCUT2D eigenvalue weighted by molar-refractivity contribution is 7.25. The minimum Gasteiger partial charge on any atom is -0.456 e. The molecule has 3 aromatic heterocycles. The molecule has 66 heavy (non-hydrogen) atoms. The summed E-state index contributed by atoms with van der Waals surface area (Å²) in [5.74, 6) is -0.104. The molecule has 13 aromatic rings. The molecular formula is C63H42O2S. The molecule has 3 heterocycles. The van der Waals surface area contributed by atoms with Crippen LogP contribution in [0.25, 0.3) is 86.3 Å². The molecule has 0 aliphatic heterocycles. The van der Waals surface area contributed by atoms with Crippen molar-refractivity contribution in [3.8, 4) is 22.3 Å². The number of thiophene rings is 1. The molecule has 2 nitrogen and oxygen atoms in total. The zero-order chi connectivity index (χ0) is 43.6. The van der Waals surface area contributed by atoms with E-state index in [9.17, 15) is 0 Å². The lowest BCUT2D eigenvalue weighted by Crippen LogP contribution is -2.09. The van der Waals surface area contributed by atoms with Gasteiger partial charge in [-0.1, -0.05) is 188 Å². The normalized spacial score (nSPS) is 12.8. The highest BCUT2D eigenvalue weighted by atomic mass is 32.1. The van der Waals surface area contributed by atoms with Gasteiger partial charge in [-0.05, 0) is 99.0 Å². The Morgan fingerprint density at radius 2 is 0.939 bits per heavy atom. The molecule has 0 aliphatic carbocycles. The average Bonchev–Trinajstić information content (AvgIpc) is 4.08. The van der Waals surface area contributed by atoms with E-state index >= 15 is 0 Å². The van der Waals surface area contributed by atoms with Gasteiger partial charge >= 0.3 is 0 Å². The van der Waals surface area contributed by atoms with Crippen LogP contribution >= 0.6 is 11.3 Å². The summed E-state index contributed by atoms with van der Waals surface area (Å²) in [5, 5.41) is 7.11. The summed E-state index contributed by atoms with van der Waals surface area (Å²) in [4.78, 5) is 0. The molecule has 0 bridgehead atoms. The largest absolute Gasteiger partial charge is 0.456 e. The molecular weight excluding hydrogens is 821 g/mol. The second-order valence-corrected chi connectivity index (χ2v) is 18.6. The molecule has 0 fully saturated rings. The first-order valence-corrected chi connectivity index (χ1v) is 23.6. The Morgan fingerprint density at radius 1 is 0.333 bits per heavy atom. The zero-order valence-corrected chi connectivity index (χ0v) is 36.8. The molecule has 10 aromatic carbocycles. The molecule has 312 valence electrons. The van der Waals surface area contributed by atoms with Gasteiger partial charge in [0.15, 0.2) is 0 Å². The minimum absolute atomic E-state index is 0.0516. The van der Waals surface area contributed by atoms with Crippen molar-refractivity contribution in [2.24, 2.45) is 0 Å². The summed E-state index contributed by atoms with van der Waals surface area (Å²) in [6.07, 6.45) is 0.846. The quantitative estimate of drug-likeness (QED) is 0.135. The molecule has 0 amide bonds. The molecule has 0 N–H and O–H groups in total. The monoisotopic (exact) mass is 862 g/mol. The van der Waals surface area contributed by atoms with E-state index in [0.29, 0.717) is 0 Å².